The molecule has 164 valence electrons. The molecule has 4 rings (SSSR count). The van der Waals surface area contributed by atoms with E-state index in [1.807, 2.05) is 31.3 Å². The Morgan fingerprint density at radius 3 is 2.56 bits per heavy atom. The minimum Gasteiger partial charge on any atom is -0.507 e. The smallest absolute Gasteiger partial charge is 0.189 e. The number of phenols is 1. The maximum Gasteiger partial charge on any atom is 0.189 e. The maximum atomic E-state index is 10.4. The molecule has 2 heterocycles. The number of anilines is 1. The molecule has 7 nitrogen and oxygen atoms in total. The van der Waals surface area contributed by atoms with E-state index in [4.69, 9.17) is 10.3 Å². The number of hydrogen-bond donors (Lipinski definition) is 3. The second-order valence-electron chi connectivity index (χ2n) is 7.64. The van der Waals surface area contributed by atoms with E-state index in [9.17, 15) is 5.11 Å². The number of nitrogen functional groups attached to an aromatic ring is 1. The first-order chi connectivity index (χ1) is 15.4. The van der Waals surface area contributed by atoms with Gasteiger partial charge in [-0.25, -0.2) is 9.97 Å². The zero-order valence-electron chi connectivity index (χ0n) is 18.2. The first kappa shape index (κ1) is 21.9. The third kappa shape index (κ3) is 4.76. The average molecular weight is 448 g/mol. The lowest BCUT2D eigenvalue weighted by Crippen LogP contribution is -2.04. The number of aromatic hydroxyl groups is 1. The van der Waals surface area contributed by atoms with Crippen LogP contribution in [-0.2, 0) is 6.54 Å². The molecule has 0 spiro atoms. The summed E-state index contributed by atoms with van der Waals surface area (Å²) in [6, 6.07) is 15.3. The van der Waals surface area contributed by atoms with Crippen molar-refractivity contribution in [3.63, 3.8) is 0 Å². The molecule has 0 bridgehead atoms. The van der Waals surface area contributed by atoms with Gasteiger partial charge in [-0.05, 0) is 36.9 Å². The van der Waals surface area contributed by atoms with Crippen LogP contribution in [-0.4, -0.2) is 32.5 Å². The van der Waals surface area contributed by atoms with Gasteiger partial charge in [0.15, 0.2) is 17.3 Å². The van der Waals surface area contributed by atoms with E-state index < -0.39 is 0 Å². The largest absolute Gasteiger partial charge is 0.507 e. The molecule has 0 aliphatic rings. The van der Waals surface area contributed by atoms with Crippen LogP contribution >= 0.6 is 11.8 Å². The standard InChI is InChI=1S/C24H25N5O2S/c1-14(2)32-17-7-5-16(6-8-17)20-13-27-24(25)23(28-20)22-11-19(29-31-22)18-9-4-15(12-26-3)10-21(18)30/h4-11,13-14,26,30H,12H2,1-3H3,(H2,25,27). The highest BCUT2D eigenvalue weighted by atomic mass is 32.2. The number of nitrogens with two attached hydrogens (primary N) is 1. The molecule has 2 aromatic carbocycles. The van der Waals surface area contributed by atoms with E-state index in [2.05, 4.69) is 46.4 Å². The molecule has 0 aliphatic carbocycles. The van der Waals surface area contributed by atoms with Crippen LogP contribution in [0.15, 0.2) is 64.1 Å². The van der Waals surface area contributed by atoms with Gasteiger partial charge in [0.2, 0.25) is 0 Å². The number of phenolic OH excluding ortho intramolecular Hbond substituents is 1. The predicted octanol–water partition coefficient (Wildman–Crippen LogP) is 4.97. The Balaban J connectivity index is 1.63. The normalized spacial score (nSPS) is 11.2. The van der Waals surface area contributed by atoms with E-state index in [0.717, 1.165) is 11.1 Å². The summed E-state index contributed by atoms with van der Waals surface area (Å²) in [7, 11) is 1.85. The van der Waals surface area contributed by atoms with Crippen molar-refractivity contribution >= 4 is 17.6 Å². The monoisotopic (exact) mass is 447 g/mol. The predicted molar refractivity (Wildman–Crippen MR) is 128 cm³/mol. The van der Waals surface area contributed by atoms with E-state index in [-0.39, 0.29) is 11.6 Å². The zero-order valence-corrected chi connectivity index (χ0v) is 19.0. The van der Waals surface area contributed by atoms with Crippen molar-refractivity contribution in [3.8, 4) is 39.7 Å². The Labute approximate surface area is 191 Å². The van der Waals surface area contributed by atoms with Gasteiger partial charge in [0.1, 0.15) is 11.4 Å². The molecule has 0 aliphatic heterocycles. The van der Waals surface area contributed by atoms with Gasteiger partial charge < -0.3 is 20.7 Å². The molecule has 0 fully saturated rings. The Bertz CT molecular complexity index is 1220. The van der Waals surface area contributed by atoms with Gasteiger partial charge in [-0.15, -0.1) is 11.8 Å². The van der Waals surface area contributed by atoms with E-state index in [1.165, 1.54) is 4.90 Å². The summed E-state index contributed by atoms with van der Waals surface area (Å²) in [6.45, 7) is 4.99. The van der Waals surface area contributed by atoms with Crippen LogP contribution < -0.4 is 11.1 Å². The summed E-state index contributed by atoms with van der Waals surface area (Å²) in [5, 5.41) is 18.1. The molecule has 8 heteroatoms. The summed E-state index contributed by atoms with van der Waals surface area (Å²) < 4.78 is 5.51. The van der Waals surface area contributed by atoms with Crippen molar-refractivity contribution in [1.82, 2.24) is 20.4 Å². The van der Waals surface area contributed by atoms with E-state index >= 15 is 0 Å². The topological polar surface area (TPSA) is 110 Å². The molecular weight excluding hydrogens is 422 g/mol. The Kier molecular flexibility index (Phi) is 6.43. The highest BCUT2D eigenvalue weighted by Gasteiger charge is 2.17. The first-order valence-corrected chi connectivity index (χ1v) is 11.2. The van der Waals surface area contributed by atoms with Crippen LogP contribution in [0.1, 0.15) is 19.4 Å². The Hall–Kier alpha value is -3.36. The summed E-state index contributed by atoms with van der Waals surface area (Å²) in [5.41, 5.74) is 10.2. The first-order valence-electron chi connectivity index (χ1n) is 10.3. The van der Waals surface area contributed by atoms with Crippen molar-refractivity contribution in [2.45, 2.75) is 30.5 Å². The van der Waals surface area contributed by atoms with Gasteiger partial charge in [-0.1, -0.05) is 37.2 Å². The minimum atomic E-state index is 0.129. The molecule has 4 aromatic rings. The number of thioether (sulfide) groups is 1. The number of hydrogen-bond acceptors (Lipinski definition) is 8. The molecule has 0 unspecified atom stereocenters. The van der Waals surface area contributed by atoms with Crippen molar-refractivity contribution in [3.05, 3.63) is 60.3 Å². The van der Waals surface area contributed by atoms with E-state index in [1.54, 1.807) is 30.1 Å². The molecule has 4 N–H and O–H groups in total. The summed E-state index contributed by atoms with van der Waals surface area (Å²) in [4.78, 5) is 10.2. The lowest BCUT2D eigenvalue weighted by molar-refractivity contribution is 0.432. The molecule has 0 amide bonds. The van der Waals surface area contributed by atoms with Gasteiger partial charge in [0, 0.05) is 33.9 Å². The average Bonchev–Trinajstić information content (AvgIpc) is 3.24. The summed E-state index contributed by atoms with van der Waals surface area (Å²) in [6.07, 6.45) is 1.65. The minimum absolute atomic E-state index is 0.129. The second-order valence-corrected chi connectivity index (χ2v) is 9.29. The maximum absolute atomic E-state index is 10.4. The summed E-state index contributed by atoms with van der Waals surface area (Å²) in [5.74, 6) is 0.763. The molecule has 2 aromatic heterocycles. The van der Waals surface area contributed by atoms with Gasteiger partial charge in [0.05, 0.1) is 11.9 Å². The van der Waals surface area contributed by atoms with E-state index in [0.29, 0.717) is 40.2 Å². The lowest BCUT2D eigenvalue weighted by atomic mass is 10.1. The SMILES string of the molecule is CNCc1ccc(-c2cc(-c3nc(-c4ccc(SC(C)C)cc4)cnc3N)on2)c(O)c1. The number of rotatable bonds is 7. The third-order valence-corrected chi connectivity index (χ3v) is 5.80. The van der Waals surface area contributed by atoms with Crippen LogP contribution in [0.5, 0.6) is 5.75 Å². The van der Waals surface area contributed by atoms with Crippen LogP contribution in [0.3, 0.4) is 0 Å². The number of nitrogens with one attached hydrogen (secondary N) is 1. The van der Waals surface area contributed by atoms with Crippen molar-refractivity contribution in [2.75, 3.05) is 12.8 Å². The Morgan fingerprint density at radius 1 is 1.09 bits per heavy atom. The van der Waals surface area contributed by atoms with Gasteiger partial charge in [-0.3, -0.25) is 0 Å². The molecule has 0 saturated heterocycles. The van der Waals surface area contributed by atoms with Crippen molar-refractivity contribution in [1.29, 1.82) is 0 Å². The Morgan fingerprint density at radius 2 is 1.88 bits per heavy atom. The van der Waals surface area contributed by atoms with Gasteiger partial charge >= 0.3 is 0 Å². The van der Waals surface area contributed by atoms with Crippen LogP contribution in [0.4, 0.5) is 5.82 Å². The van der Waals surface area contributed by atoms with Crippen molar-refractivity contribution < 1.29 is 9.63 Å². The van der Waals surface area contributed by atoms with Gasteiger partial charge in [-0.2, -0.15) is 0 Å². The zero-order chi connectivity index (χ0) is 22.7. The fourth-order valence-corrected chi connectivity index (χ4v) is 4.15. The molecule has 0 saturated carbocycles. The number of nitrogens with zero attached hydrogens (tertiary/aromatic N) is 3. The number of benzene rings is 2. The quantitative estimate of drug-likeness (QED) is 0.341. The number of aromatic nitrogens is 3. The van der Waals surface area contributed by atoms with Crippen LogP contribution in [0.25, 0.3) is 34.0 Å². The second kappa shape index (κ2) is 9.42. The lowest BCUT2D eigenvalue weighted by Gasteiger charge is -2.07. The molecule has 0 atom stereocenters. The third-order valence-electron chi connectivity index (χ3n) is 4.79. The van der Waals surface area contributed by atoms with Crippen LogP contribution in [0, 0.1) is 0 Å². The van der Waals surface area contributed by atoms with Crippen molar-refractivity contribution in [2.24, 2.45) is 0 Å². The molecule has 32 heavy (non-hydrogen) atoms. The van der Waals surface area contributed by atoms with Gasteiger partial charge in [0.25, 0.3) is 0 Å². The highest BCUT2D eigenvalue weighted by molar-refractivity contribution is 7.99. The summed E-state index contributed by atoms with van der Waals surface area (Å²) >= 11 is 1.81. The molecular formula is C24H25N5O2S. The highest BCUT2D eigenvalue weighted by Crippen LogP contribution is 2.34. The fraction of sp³-hybridized carbons (Fsp3) is 0.208. The molecule has 0 radical (unpaired) electrons. The fourth-order valence-electron chi connectivity index (χ4n) is 3.32. The van der Waals surface area contributed by atoms with Crippen LogP contribution in [0.2, 0.25) is 0 Å².